The maximum atomic E-state index is 13.5. The summed E-state index contributed by atoms with van der Waals surface area (Å²) in [4.78, 5) is 37.4. The van der Waals surface area contributed by atoms with E-state index >= 15 is 0 Å². The average molecular weight is 514 g/mol. The zero-order valence-electron chi connectivity index (χ0n) is 21.3. The zero-order valence-corrected chi connectivity index (χ0v) is 22.1. The van der Waals surface area contributed by atoms with Gasteiger partial charge in [-0.25, -0.2) is 4.98 Å². The molecule has 1 saturated heterocycles. The van der Waals surface area contributed by atoms with Crippen LogP contribution in [0, 0.1) is 6.92 Å². The summed E-state index contributed by atoms with van der Waals surface area (Å²) in [5.74, 6) is -1.16. The van der Waals surface area contributed by atoms with Crippen molar-refractivity contribution in [3.8, 4) is 5.75 Å². The highest BCUT2D eigenvalue weighted by molar-refractivity contribution is 7.22. The van der Waals surface area contributed by atoms with Crippen LogP contribution < -0.4 is 9.64 Å². The minimum Gasteiger partial charge on any atom is -0.507 e. The smallest absolute Gasteiger partial charge is 0.301 e. The number of carbonyl (C=O) groups is 2. The number of thiazole rings is 1. The van der Waals surface area contributed by atoms with Crippen molar-refractivity contribution in [1.29, 1.82) is 0 Å². The maximum absolute atomic E-state index is 13.5. The van der Waals surface area contributed by atoms with Crippen LogP contribution in [-0.4, -0.2) is 33.9 Å². The highest BCUT2D eigenvalue weighted by atomic mass is 32.1. The van der Waals surface area contributed by atoms with E-state index < -0.39 is 17.7 Å². The summed E-state index contributed by atoms with van der Waals surface area (Å²) in [6, 6.07) is 15.5. The molecule has 2 aromatic carbocycles. The van der Waals surface area contributed by atoms with E-state index in [-0.39, 0.29) is 16.7 Å². The van der Waals surface area contributed by atoms with Crippen LogP contribution in [0.5, 0.6) is 5.75 Å². The second-order valence-corrected chi connectivity index (χ2v) is 11.0. The Kier molecular flexibility index (Phi) is 6.07. The van der Waals surface area contributed by atoms with Gasteiger partial charge in [-0.05, 0) is 65.9 Å². The number of carbonyl (C=O) groups excluding carboxylic acids is 2. The van der Waals surface area contributed by atoms with Gasteiger partial charge in [0.25, 0.3) is 5.78 Å². The quantitative estimate of drug-likeness (QED) is 0.207. The molecule has 37 heavy (non-hydrogen) atoms. The molecular weight excluding hydrogens is 486 g/mol. The van der Waals surface area contributed by atoms with Crippen molar-refractivity contribution in [2.75, 3.05) is 12.0 Å². The lowest BCUT2D eigenvalue weighted by Crippen LogP contribution is -2.29. The number of benzene rings is 2. The number of anilines is 1. The predicted molar refractivity (Wildman–Crippen MR) is 145 cm³/mol. The third kappa shape index (κ3) is 4.27. The van der Waals surface area contributed by atoms with E-state index in [4.69, 9.17) is 9.72 Å². The van der Waals surface area contributed by atoms with Crippen LogP contribution in [0.2, 0.25) is 0 Å². The number of ketones is 1. The van der Waals surface area contributed by atoms with E-state index in [1.807, 2.05) is 19.1 Å². The lowest BCUT2D eigenvalue weighted by atomic mass is 9.87. The standard InChI is InChI=1S/C29H27N3O4S/c1-16-14-18(36-5)10-11-19(16)25(33)23-24(21-8-6-7-13-30-21)32(27(35)26(23)34)28-31-20-12-9-17(29(2,3)4)15-22(20)37-28/h6-15,24,33H,1-5H3/b25-23+. The summed E-state index contributed by atoms with van der Waals surface area (Å²) in [5, 5.41) is 11.8. The van der Waals surface area contributed by atoms with E-state index in [1.165, 1.54) is 16.2 Å². The predicted octanol–water partition coefficient (Wildman–Crippen LogP) is 5.93. The Morgan fingerprint density at radius 3 is 2.51 bits per heavy atom. The van der Waals surface area contributed by atoms with Crippen LogP contribution in [0.15, 0.2) is 66.4 Å². The van der Waals surface area contributed by atoms with Gasteiger partial charge in [-0.1, -0.05) is 44.2 Å². The summed E-state index contributed by atoms with van der Waals surface area (Å²) in [6.07, 6.45) is 1.60. The van der Waals surface area contributed by atoms with Gasteiger partial charge in [-0.2, -0.15) is 0 Å². The van der Waals surface area contributed by atoms with Crippen LogP contribution in [0.1, 0.15) is 49.2 Å². The van der Waals surface area contributed by atoms with Crippen LogP contribution in [0.3, 0.4) is 0 Å². The number of pyridine rings is 1. The van der Waals surface area contributed by atoms with Gasteiger partial charge in [0, 0.05) is 11.8 Å². The second kappa shape index (κ2) is 9.12. The summed E-state index contributed by atoms with van der Waals surface area (Å²) in [5.41, 5.74) is 3.42. The van der Waals surface area contributed by atoms with Crippen molar-refractivity contribution in [2.45, 2.75) is 39.2 Å². The lowest BCUT2D eigenvalue weighted by Gasteiger charge is -2.22. The molecule has 1 atom stereocenters. The lowest BCUT2D eigenvalue weighted by molar-refractivity contribution is -0.132. The highest BCUT2D eigenvalue weighted by Crippen LogP contribution is 2.44. The van der Waals surface area contributed by atoms with Crippen molar-refractivity contribution in [3.05, 3.63) is 88.8 Å². The van der Waals surface area contributed by atoms with Crippen LogP contribution in [0.25, 0.3) is 16.0 Å². The Bertz CT molecular complexity index is 1570. The number of hydrogen-bond acceptors (Lipinski definition) is 7. The summed E-state index contributed by atoms with van der Waals surface area (Å²) >= 11 is 1.34. The second-order valence-electron chi connectivity index (χ2n) is 10.0. The SMILES string of the molecule is COc1ccc(/C(O)=C2\C(=O)C(=O)N(c3nc4ccc(C(C)(C)C)cc4s3)C2c2ccccn2)c(C)c1. The molecule has 2 aromatic heterocycles. The van der Waals surface area contributed by atoms with Gasteiger partial charge < -0.3 is 9.84 Å². The fourth-order valence-corrected chi connectivity index (χ4v) is 5.53. The molecule has 0 bridgehead atoms. The average Bonchev–Trinajstić information content (AvgIpc) is 3.41. The van der Waals surface area contributed by atoms with Crippen LogP contribution in [0.4, 0.5) is 5.13 Å². The number of fused-ring (bicyclic) bond motifs is 1. The molecule has 1 unspecified atom stereocenters. The van der Waals surface area contributed by atoms with Gasteiger partial charge in [-0.15, -0.1) is 0 Å². The van der Waals surface area contributed by atoms with E-state index in [2.05, 4.69) is 31.8 Å². The molecule has 188 valence electrons. The molecule has 1 aliphatic heterocycles. The fraction of sp³-hybridized carbons (Fsp3) is 0.241. The van der Waals surface area contributed by atoms with Gasteiger partial charge in [0.05, 0.1) is 28.6 Å². The number of nitrogens with zero attached hydrogens (tertiary/aromatic N) is 3. The number of Topliss-reactive ketones (excluding diaryl/α,β-unsaturated/α-hetero) is 1. The molecule has 0 aliphatic carbocycles. The van der Waals surface area contributed by atoms with E-state index in [0.29, 0.717) is 27.7 Å². The van der Waals surface area contributed by atoms with Gasteiger partial charge in [0.15, 0.2) is 5.13 Å². The zero-order chi connectivity index (χ0) is 26.5. The minimum absolute atomic E-state index is 0.0217. The molecule has 1 amide bonds. The van der Waals surface area contributed by atoms with Crippen LogP contribution in [-0.2, 0) is 15.0 Å². The number of aliphatic hydroxyl groups is 1. The van der Waals surface area contributed by atoms with Gasteiger partial charge in [0.2, 0.25) is 0 Å². The van der Waals surface area contributed by atoms with Gasteiger partial charge in [-0.3, -0.25) is 19.5 Å². The van der Waals surface area contributed by atoms with Crippen molar-refractivity contribution in [3.63, 3.8) is 0 Å². The largest absolute Gasteiger partial charge is 0.507 e. The fourth-order valence-electron chi connectivity index (χ4n) is 4.50. The first kappa shape index (κ1) is 24.6. The number of aliphatic hydroxyl groups excluding tert-OH is 1. The molecule has 1 aliphatic rings. The maximum Gasteiger partial charge on any atom is 0.301 e. The highest BCUT2D eigenvalue weighted by Gasteiger charge is 2.49. The summed E-state index contributed by atoms with van der Waals surface area (Å²) in [6.45, 7) is 8.22. The number of aromatic nitrogens is 2. The first-order valence-corrected chi connectivity index (χ1v) is 12.7. The topological polar surface area (TPSA) is 92.6 Å². The molecule has 4 aromatic rings. The Morgan fingerprint density at radius 1 is 1.08 bits per heavy atom. The molecule has 7 nitrogen and oxygen atoms in total. The van der Waals surface area contributed by atoms with Crippen molar-refractivity contribution >= 4 is 44.1 Å². The molecular formula is C29H27N3O4S. The molecule has 8 heteroatoms. The first-order chi connectivity index (χ1) is 17.6. The Hall–Kier alpha value is -4.04. The third-order valence-electron chi connectivity index (χ3n) is 6.55. The Morgan fingerprint density at radius 2 is 1.86 bits per heavy atom. The molecule has 1 N–H and O–H groups in total. The molecule has 5 rings (SSSR count). The Labute approximate surface area is 219 Å². The normalized spacial score (nSPS) is 17.5. The monoisotopic (exact) mass is 513 g/mol. The summed E-state index contributed by atoms with van der Waals surface area (Å²) in [7, 11) is 1.56. The number of ether oxygens (including phenoxy) is 1. The minimum atomic E-state index is -0.926. The number of methoxy groups -OCH3 is 1. The van der Waals surface area contributed by atoms with Crippen LogP contribution >= 0.6 is 11.3 Å². The van der Waals surface area contributed by atoms with Crippen molar-refractivity contribution in [2.24, 2.45) is 0 Å². The molecule has 0 radical (unpaired) electrons. The molecule has 3 heterocycles. The molecule has 1 fully saturated rings. The number of aryl methyl sites for hydroxylation is 1. The third-order valence-corrected chi connectivity index (χ3v) is 7.57. The Balaban J connectivity index is 1.70. The van der Waals surface area contributed by atoms with E-state index in [1.54, 1.807) is 49.7 Å². The number of amides is 1. The number of rotatable bonds is 4. The summed E-state index contributed by atoms with van der Waals surface area (Å²) < 4.78 is 6.19. The molecule has 0 spiro atoms. The first-order valence-electron chi connectivity index (χ1n) is 11.9. The van der Waals surface area contributed by atoms with Crippen molar-refractivity contribution in [1.82, 2.24) is 9.97 Å². The van der Waals surface area contributed by atoms with E-state index in [0.717, 1.165) is 15.8 Å². The number of hydrogen-bond donors (Lipinski definition) is 1. The van der Waals surface area contributed by atoms with Gasteiger partial charge in [0.1, 0.15) is 17.6 Å². The van der Waals surface area contributed by atoms with E-state index in [9.17, 15) is 14.7 Å². The van der Waals surface area contributed by atoms with Crippen molar-refractivity contribution < 1.29 is 19.4 Å². The van der Waals surface area contributed by atoms with Gasteiger partial charge >= 0.3 is 5.91 Å². The molecule has 0 saturated carbocycles.